The second-order valence-corrected chi connectivity index (χ2v) is 11.4. The number of hydrogen-bond acceptors (Lipinski definition) is 9. The van der Waals surface area contributed by atoms with Gasteiger partial charge in [-0.3, -0.25) is 9.69 Å². The largest absolute Gasteiger partial charge is 0.511 e. The molecule has 1 amide bonds. The Balaban J connectivity index is 1.39. The summed E-state index contributed by atoms with van der Waals surface area (Å²) in [7, 11) is 0. The summed E-state index contributed by atoms with van der Waals surface area (Å²) in [5.41, 5.74) is -2.09. The van der Waals surface area contributed by atoms with Crippen LogP contribution in [0.4, 0.5) is 24.5 Å². The SMILES string of the molecule is CCOC(=O)COCCOCCOc1ccc(-c2ccc(N3C([S+]=O)N(c4ccc(C#N)c(C(F)(F)F)c4)C(=O)C3(C)C)cc2)cc1. The van der Waals surface area contributed by atoms with Gasteiger partial charge in [-0.2, -0.15) is 18.4 Å². The molecule has 248 valence electrons. The summed E-state index contributed by atoms with van der Waals surface area (Å²) in [6, 6.07) is 19.0. The molecule has 1 aliphatic rings. The Morgan fingerprint density at radius 3 is 2.13 bits per heavy atom. The third-order valence-electron chi connectivity index (χ3n) is 7.31. The van der Waals surface area contributed by atoms with Crippen LogP contribution >= 0.6 is 0 Å². The lowest BCUT2D eigenvalue weighted by molar-refractivity contribution is -0.149. The zero-order valence-corrected chi connectivity index (χ0v) is 26.7. The van der Waals surface area contributed by atoms with E-state index in [1.807, 2.05) is 36.4 Å². The minimum Gasteiger partial charge on any atom is -0.491 e. The average Bonchev–Trinajstić information content (AvgIpc) is 3.26. The summed E-state index contributed by atoms with van der Waals surface area (Å²) in [5.74, 6) is -0.344. The molecule has 4 rings (SSSR count). The quantitative estimate of drug-likeness (QED) is 0.123. The molecule has 1 unspecified atom stereocenters. The Morgan fingerprint density at radius 1 is 0.936 bits per heavy atom. The van der Waals surface area contributed by atoms with E-state index in [0.717, 1.165) is 28.2 Å². The van der Waals surface area contributed by atoms with E-state index in [9.17, 15) is 27.0 Å². The highest BCUT2D eigenvalue weighted by Gasteiger charge is 2.59. The molecule has 0 spiro atoms. The van der Waals surface area contributed by atoms with Crippen LogP contribution in [0.3, 0.4) is 0 Å². The number of benzene rings is 3. The van der Waals surface area contributed by atoms with Gasteiger partial charge in [-0.15, -0.1) is 0 Å². The molecule has 1 fully saturated rings. The van der Waals surface area contributed by atoms with Crippen LogP contribution in [0.1, 0.15) is 31.9 Å². The number of amides is 1. The minimum atomic E-state index is -4.82. The van der Waals surface area contributed by atoms with Crippen LogP contribution in [0.5, 0.6) is 5.75 Å². The molecule has 1 atom stereocenters. The van der Waals surface area contributed by atoms with E-state index in [4.69, 9.17) is 24.2 Å². The number of carbonyl (C=O) groups is 2. The topological polar surface area (TPSA) is 118 Å². The zero-order valence-electron chi connectivity index (χ0n) is 25.9. The molecule has 3 aromatic carbocycles. The molecule has 1 heterocycles. The van der Waals surface area contributed by atoms with Crippen molar-refractivity contribution in [2.24, 2.45) is 0 Å². The van der Waals surface area contributed by atoms with Gasteiger partial charge in [0.25, 0.3) is 5.91 Å². The number of hydrogen-bond donors (Lipinski definition) is 0. The van der Waals surface area contributed by atoms with Crippen molar-refractivity contribution in [2.75, 3.05) is 49.4 Å². The van der Waals surface area contributed by atoms with Crippen molar-refractivity contribution < 1.29 is 45.9 Å². The molecule has 0 bridgehead atoms. The maximum absolute atomic E-state index is 13.7. The predicted molar refractivity (Wildman–Crippen MR) is 168 cm³/mol. The number of rotatable bonds is 14. The molecule has 0 aliphatic carbocycles. The molecular weight excluding hydrogens is 639 g/mol. The second kappa shape index (κ2) is 15.3. The molecule has 0 saturated carbocycles. The van der Waals surface area contributed by atoms with Crippen molar-refractivity contribution in [1.29, 1.82) is 5.26 Å². The highest BCUT2D eigenvalue weighted by atomic mass is 32.1. The number of esters is 1. The fraction of sp³-hybridized carbons (Fsp3) is 0.364. The van der Waals surface area contributed by atoms with Crippen LogP contribution in [-0.4, -0.2) is 62.6 Å². The molecule has 10 nitrogen and oxygen atoms in total. The number of nitrogens with zero attached hydrogens (tertiary/aromatic N) is 3. The number of carbonyl (C=O) groups excluding carboxylic acids is 2. The van der Waals surface area contributed by atoms with Crippen LogP contribution in [0.25, 0.3) is 11.1 Å². The van der Waals surface area contributed by atoms with Gasteiger partial charge in [0, 0.05) is 9.90 Å². The van der Waals surface area contributed by atoms with Crippen LogP contribution in [0.15, 0.2) is 66.7 Å². The van der Waals surface area contributed by atoms with Crippen molar-refractivity contribution in [3.63, 3.8) is 0 Å². The fourth-order valence-corrected chi connectivity index (χ4v) is 5.81. The van der Waals surface area contributed by atoms with Crippen LogP contribution in [-0.2, 0) is 45.9 Å². The van der Waals surface area contributed by atoms with Gasteiger partial charge in [0.1, 0.15) is 24.5 Å². The van der Waals surface area contributed by atoms with E-state index < -0.39 is 40.2 Å². The molecule has 0 aromatic heterocycles. The van der Waals surface area contributed by atoms with Gasteiger partial charge in [-0.25, -0.2) is 9.69 Å². The first kappa shape index (κ1) is 35.3. The smallest absolute Gasteiger partial charge is 0.491 e. The van der Waals surface area contributed by atoms with E-state index >= 15 is 0 Å². The molecular formula is C33H33F3N3O7S+. The third-order valence-corrected chi connectivity index (χ3v) is 7.90. The number of ether oxygens (including phenoxy) is 4. The maximum atomic E-state index is 13.7. The standard InChI is InChI=1S/C33H33F3N3O7S/c1-4-45-29(40)21-44-16-15-43-17-18-46-27-13-8-23(9-14-27)22-5-10-25(11-6-22)39-31(47-42)38(30(41)32(39,2)3)26-12-7-24(20-37)28(19-26)33(34,35)36/h5-14,19,31H,4,15-18,21H2,1-3H3/q+1. The first-order chi connectivity index (χ1) is 22.4. The summed E-state index contributed by atoms with van der Waals surface area (Å²) < 4.78 is 74.5. The molecule has 1 aliphatic heterocycles. The monoisotopic (exact) mass is 672 g/mol. The van der Waals surface area contributed by atoms with Gasteiger partial charge in [-0.1, -0.05) is 24.3 Å². The summed E-state index contributed by atoms with van der Waals surface area (Å²) >= 11 is 0.0740. The minimum absolute atomic E-state index is 0.0740. The van der Waals surface area contributed by atoms with Crippen molar-refractivity contribution in [1.82, 2.24) is 0 Å². The van der Waals surface area contributed by atoms with E-state index in [1.165, 1.54) is 12.1 Å². The number of nitriles is 1. The van der Waals surface area contributed by atoms with E-state index in [0.29, 0.717) is 37.9 Å². The van der Waals surface area contributed by atoms with Gasteiger partial charge in [0.2, 0.25) is 0 Å². The Kier molecular flexibility index (Phi) is 11.5. The van der Waals surface area contributed by atoms with Gasteiger partial charge >= 0.3 is 29.3 Å². The normalized spacial score (nSPS) is 15.8. The van der Waals surface area contributed by atoms with Gasteiger partial charge in [-0.05, 0) is 74.4 Å². The Morgan fingerprint density at radius 2 is 1.53 bits per heavy atom. The van der Waals surface area contributed by atoms with Crippen molar-refractivity contribution in [3.8, 4) is 22.9 Å². The van der Waals surface area contributed by atoms with Gasteiger partial charge in [0.05, 0.1) is 49.3 Å². The number of anilines is 2. The maximum Gasteiger partial charge on any atom is 0.511 e. The van der Waals surface area contributed by atoms with Crippen LogP contribution < -0.4 is 14.5 Å². The van der Waals surface area contributed by atoms with E-state index in [2.05, 4.69) is 0 Å². The lowest BCUT2D eigenvalue weighted by atomic mass is 10.0. The fourth-order valence-electron chi connectivity index (χ4n) is 5.04. The molecule has 47 heavy (non-hydrogen) atoms. The van der Waals surface area contributed by atoms with Crippen molar-refractivity contribution in [3.05, 3.63) is 77.9 Å². The molecule has 14 heteroatoms. The first-order valence-electron chi connectivity index (χ1n) is 14.6. The number of halogens is 3. The van der Waals surface area contributed by atoms with Gasteiger partial charge in [0.15, 0.2) is 0 Å². The predicted octanol–water partition coefficient (Wildman–Crippen LogP) is 5.56. The zero-order chi connectivity index (χ0) is 34.2. The van der Waals surface area contributed by atoms with Gasteiger partial charge < -0.3 is 18.9 Å². The van der Waals surface area contributed by atoms with Crippen LogP contribution in [0.2, 0.25) is 0 Å². The molecule has 0 radical (unpaired) electrons. The summed E-state index contributed by atoms with van der Waals surface area (Å²) in [5, 5.41) is 9.16. The summed E-state index contributed by atoms with van der Waals surface area (Å²) in [6.45, 7) is 6.31. The lowest BCUT2D eigenvalue weighted by Gasteiger charge is -2.28. The summed E-state index contributed by atoms with van der Waals surface area (Å²) in [4.78, 5) is 27.4. The van der Waals surface area contributed by atoms with Crippen molar-refractivity contribution in [2.45, 2.75) is 38.0 Å². The Hall–Kier alpha value is -4.58. The average molecular weight is 673 g/mol. The molecule has 3 aromatic rings. The lowest BCUT2D eigenvalue weighted by Crippen LogP contribution is -2.46. The second-order valence-electron chi connectivity index (χ2n) is 10.8. The molecule has 1 saturated heterocycles. The van der Waals surface area contributed by atoms with E-state index in [-0.39, 0.29) is 30.6 Å². The van der Waals surface area contributed by atoms with Crippen LogP contribution in [0, 0.1) is 11.3 Å². The number of alkyl halides is 3. The highest BCUT2D eigenvalue weighted by Crippen LogP contribution is 2.41. The Labute approximate surface area is 274 Å². The van der Waals surface area contributed by atoms with E-state index in [1.54, 1.807) is 37.8 Å². The first-order valence-corrected chi connectivity index (χ1v) is 15.4. The third kappa shape index (κ3) is 8.23. The van der Waals surface area contributed by atoms with Crippen molar-refractivity contribution >= 4 is 34.9 Å². The molecule has 0 N–H and O–H groups in total. The highest BCUT2D eigenvalue weighted by molar-refractivity contribution is 7.66. The summed E-state index contributed by atoms with van der Waals surface area (Å²) in [6.07, 6.45) is -4.82. The Bertz CT molecular complexity index is 1610.